The number of imide groups is 1. The third-order valence-corrected chi connectivity index (χ3v) is 11.9. The van der Waals surface area contributed by atoms with Gasteiger partial charge in [0.2, 0.25) is 11.8 Å². The van der Waals surface area contributed by atoms with Crippen molar-refractivity contribution in [2.75, 3.05) is 29.4 Å². The van der Waals surface area contributed by atoms with Crippen molar-refractivity contribution >= 4 is 45.7 Å². The zero-order valence-electron chi connectivity index (χ0n) is 30.7. The Kier molecular flexibility index (Phi) is 8.54. The van der Waals surface area contributed by atoms with Crippen LogP contribution in [0.3, 0.4) is 0 Å². The number of nitrogens with one attached hydrogen (secondary N) is 1. The number of halogens is 2. The maximum absolute atomic E-state index is 14.9. The predicted octanol–water partition coefficient (Wildman–Crippen LogP) is 6.33. The molecule has 6 heterocycles. The van der Waals surface area contributed by atoms with Gasteiger partial charge in [0.05, 0.1) is 23.4 Å². The van der Waals surface area contributed by atoms with Gasteiger partial charge in [0.15, 0.2) is 0 Å². The molecule has 0 radical (unpaired) electrons. The van der Waals surface area contributed by atoms with Crippen LogP contribution in [0.4, 0.5) is 25.8 Å². The summed E-state index contributed by atoms with van der Waals surface area (Å²) in [4.78, 5) is 56.1. The third kappa shape index (κ3) is 5.96. The van der Waals surface area contributed by atoms with Crippen LogP contribution < -0.4 is 20.7 Å². The van der Waals surface area contributed by atoms with Gasteiger partial charge in [0.1, 0.15) is 6.04 Å². The minimum absolute atomic E-state index is 0.0360. The Balaban J connectivity index is 0.929. The van der Waals surface area contributed by atoms with Gasteiger partial charge in [-0.1, -0.05) is 12.1 Å². The van der Waals surface area contributed by atoms with Crippen LogP contribution >= 0.6 is 0 Å². The Bertz CT molecular complexity index is 2470. The molecule has 4 aliphatic heterocycles. The molecule has 0 bridgehead atoms. The lowest BCUT2D eigenvalue weighted by Crippen LogP contribution is -2.52. The maximum atomic E-state index is 14.9. The number of carbonyl (C=O) groups excluding carboxylic acids is 3. The molecule has 0 spiro atoms. The molecule has 1 unspecified atom stereocenters. The van der Waals surface area contributed by atoms with Gasteiger partial charge in [0.25, 0.3) is 17.9 Å². The number of fused-ring (bicyclic) bond motifs is 3. The van der Waals surface area contributed by atoms with Crippen LogP contribution in [-0.2, 0) is 29.6 Å². The number of hydrogen-bond acceptors (Lipinski definition) is 7. The van der Waals surface area contributed by atoms with E-state index in [1.54, 1.807) is 35.7 Å². The van der Waals surface area contributed by atoms with Crippen LogP contribution in [-0.4, -0.2) is 62.6 Å². The molecular formula is C42H41F2N7O4. The Morgan fingerprint density at radius 1 is 0.873 bits per heavy atom. The highest BCUT2D eigenvalue weighted by molar-refractivity contribution is 6.05. The summed E-state index contributed by atoms with van der Waals surface area (Å²) in [5, 5.41) is 7.94. The van der Waals surface area contributed by atoms with E-state index in [1.165, 1.54) is 0 Å². The fourth-order valence-electron chi connectivity index (χ4n) is 9.00. The van der Waals surface area contributed by atoms with Crippen molar-refractivity contribution in [3.8, 4) is 11.1 Å². The Labute approximate surface area is 316 Å². The first kappa shape index (κ1) is 34.9. The summed E-state index contributed by atoms with van der Waals surface area (Å²) >= 11 is 0. The third-order valence-electron chi connectivity index (χ3n) is 11.9. The number of hydrogen-bond donors (Lipinski definition) is 1. The monoisotopic (exact) mass is 745 g/mol. The molecule has 1 N–H and O–H groups in total. The molecule has 55 heavy (non-hydrogen) atoms. The molecule has 4 aliphatic rings. The van der Waals surface area contributed by atoms with E-state index in [0.717, 1.165) is 77.9 Å². The van der Waals surface area contributed by atoms with E-state index in [2.05, 4.69) is 20.2 Å². The Morgan fingerprint density at radius 2 is 1.69 bits per heavy atom. The van der Waals surface area contributed by atoms with Crippen LogP contribution in [0.5, 0.6) is 0 Å². The van der Waals surface area contributed by atoms with Gasteiger partial charge in [-0.05, 0) is 98.2 Å². The zero-order chi connectivity index (χ0) is 38.1. The highest BCUT2D eigenvalue weighted by Crippen LogP contribution is 2.43. The average molecular weight is 746 g/mol. The van der Waals surface area contributed by atoms with Crippen molar-refractivity contribution in [2.24, 2.45) is 7.05 Å². The summed E-state index contributed by atoms with van der Waals surface area (Å²) in [7, 11) is 1.76. The van der Waals surface area contributed by atoms with E-state index >= 15 is 0 Å². The highest BCUT2D eigenvalue weighted by atomic mass is 19.3. The number of pyridine rings is 1. The molecular weight excluding hydrogens is 705 g/mol. The van der Waals surface area contributed by atoms with Crippen LogP contribution in [0.2, 0.25) is 0 Å². The van der Waals surface area contributed by atoms with E-state index in [4.69, 9.17) is 0 Å². The number of carbonyl (C=O) groups is 3. The highest BCUT2D eigenvalue weighted by Gasteiger charge is 2.39. The van der Waals surface area contributed by atoms with Crippen LogP contribution in [0.1, 0.15) is 77.2 Å². The number of aromatic nitrogens is 3. The SMILES string of the molecule is Cc1cc2c(N3CCCc4cc(-c5cnn(C6CCN(c7ccc8c(c7)C(=O)N(C7CCC(=O)NC7=O)C8)CC6)c5)c(C(F)F)cc43)cccc2n(C)c1=O. The van der Waals surface area contributed by atoms with Crippen molar-refractivity contribution in [3.05, 3.63) is 105 Å². The van der Waals surface area contributed by atoms with Gasteiger partial charge in [-0.15, -0.1) is 0 Å². The van der Waals surface area contributed by atoms with E-state index in [-0.39, 0.29) is 35.4 Å². The minimum atomic E-state index is -2.69. The van der Waals surface area contributed by atoms with E-state index in [1.807, 2.05) is 59.4 Å². The van der Waals surface area contributed by atoms with Gasteiger partial charge < -0.3 is 19.3 Å². The Hall–Kier alpha value is -5.85. The smallest absolute Gasteiger partial charge is 0.264 e. The summed E-state index contributed by atoms with van der Waals surface area (Å²) in [6.07, 6.45) is 4.61. The number of nitrogens with zero attached hydrogens (tertiary/aromatic N) is 6. The van der Waals surface area contributed by atoms with Crippen LogP contribution in [0.15, 0.2) is 71.8 Å². The fraction of sp³-hybridized carbons (Fsp3) is 0.357. The molecule has 3 aromatic carbocycles. The number of piperidine rings is 2. The lowest BCUT2D eigenvalue weighted by molar-refractivity contribution is -0.136. The van der Waals surface area contributed by atoms with E-state index < -0.39 is 18.4 Å². The number of anilines is 3. The fourth-order valence-corrected chi connectivity index (χ4v) is 9.00. The normalized spacial score (nSPS) is 19.0. The number of benzene rings is 3. The molecule has 2 fully saturated rings. The van der Waals surface area contributed by atoms with Crippen LogP contribution in [0, 0.1) is 6.92 Å². The zero-order valence-corrected chi connectivity index (χ0v) is 30.7. The molecule has 9 rings (SSSR count). The molecule has 2 saturated heterocycles. The number of rotatable bonds is 6. The van der Waals surface area contributed by atoms with Crippen molar-refractivity contribution in [1.82, 2.24) is 24.6 Å². The Morgan fingerprint density at radius 3 is 2.47 bits per heavy atom. The van der Waals surface area contributed by atoms with Crippen molar-refractivity contribution in [3.63, 3.8) is 0 Å². The quantitative estimate of drug-likeness (QED) is 0.202. The van der Waals surface area contributed by atoms with Gasteiger partial charge in [-0.25, -0.2) is 8.78 Å². The summed E-state index contributed by atoms with van der Waals surface area (Å²) in [5.74, 6) is -0.927. The number of amides is 3. The molecule has 3 amide bonds. The second-order valence-electron chi connectivity index (χ2n) is 15.2. The molecule has 1 atom stereocenters. The molecule has 11 nitrogen and oxygen atoms in total. The molecule has 0 aliphatic carbocycles. The van der Waals surface area contributed by atoms with E-state index in [0.29, 0.717) is 41.8 Å². The summed E-state index contributed by atoms with van der Waals surface area (Å²) in [6.45, 7) is 4.26. The summed E-state index contributed by atoms with van der Waals surface area (Å²) in [5.41, 5.74) is 7.53. The first-order valence-corrected chi connectivity index (χ1v) is 18.9. The largest absolute Gasteiger partial charge is 0.371 e. The molecule has 13 heteroatoms. The topological polar surface area (TPSA) is 113 Å². The summed E-state index contributed by atoms with van der Waals surface area (Å²) < 4.78 is 33.3. The maximum Gasteiger partial charge on any atom is 0.264 e. The molecule has 282 valence electrons. The molecule has 2 aromatic heterocycles. The van der Waals surface area contributed by atoms with Crippen molar-refractivity contribution in [1.29, 1.82) is 0 Å². The first-order chi connectivity index (χ1) is 26.5. The first-order valence-electron chi connectivity index (χ1n) is 18.9. The second-order valence-corrected chi connectivity index (χ2v) is 15.2. The van der Waals surface area contributed by atoms with Crippen molar-refractivity contribution < 1.29 is 23.2 Å². The van der Waals surface area contributed by atoms with Gasteiger partial charge in [0, 0.05) is 84.9 Å². The van der Waals surface area contributed by atoms with Crippen LogP contribution in [0.25, 0.3) is 22.0 Å². The average Bonchev–Trinajstić information content (AvgIpc) is 3.81. The van der Waals surface area contributed by atoms with Gasteiger partial charge in [-0.2, -0.15) is 5.10 Å². The van der Waals surface area contributed by atoms with Gasteiger partial charge in [-0.3, -0.25) is 29.2 Å². The molecule has 5 aromatic rings. The lowest BCUT2D eigenvalue weighted by atomic mass is 9.92. The molecule has 0 saturated carbocycles. The minimum Gasteiger partial charge on any atom is -0.371 e. The lowest BCUT2D eigenvalue weighted by Gasteiger charge is -2.34. The number of alkyl halides is 2. The van der Waals surface area contributed by atoms with Gasteiger partial charge >= 0.3 is 0 Å². The summed E-state index contributed by atoms with van der Waals surface area (Å²) in [6, 6.07) is 16.6. The number of aryl methyl sites for hydroxylation is 3. The predicted molar refractivity (Wildman–Crippen MR) is 205 cm³/mol. The second kappa shape index (κ2) is 13.5. The van der Waals surface area contributed by atoms with E-state index in [9.17, 15) is 28.0 Å². The van der Waals surface area contributed by atoms with Crippen molar-refractivity contribution in [2.45, 2.75) is 70.5 Å². The standard InChI is InChI=1S/C42H41F2N7O4/c1-24-17-33-34(47(2)41(24)54)6-3-7-35(33)49-14-4-5-25-18-30(32(39(43)44)20-37(25)49)27-21-45-51(23-27)28-12-15-48(16-13-28)29-9-8-26-22-50(42(55)31(26)19-29)36-10-11-38(52)46-40(36)53/h3,6-9,17-21,23,28,36,39H,4-5,10-16,22H2,1-2H3,(H,46,52,53).